The van der Waals surface area contributed by atoms with Crippen molar-refractivity contribution in [2.45, 2.75) is 32.9 Å². The van der Waals surface area contributed by atoms with E-state index < -0.39 is 23.9 Å². The first-order valence-corrected chi connectivity index (χ1v) is 11.3. The van der Waals surface area contributed by atoms with Crippen LogP contribution in [0.15, 0.2) is 45.6 Å². The van der Waals surface area contributed by atoms with E-state index in [4.69, 9.17) is 24.4 Å². The Hall–Kier alpha value is -4.05. The number of carbonyl (C=O) groups excluding carboxylic acids is 2. The van der Waals surface area contributed by atoms with Gasteiger partial charge in [0.1, 0.15) is 22.8 Å². The van der Waals surface area contributed by atoms with Crippen LogP contribution in [0.2, 0.25) is 0 Å². The molecule has 0 saturated heterocycles. The van der Waals surface area contributed by atoms with Crippen molar-refractivity contribution < 1.29 is 28.2 Å². The molecular formula is C26H31N3O7. The topological polar surface area (TPSA) is 142 Å². The Morgan fingerprint density at radius 1 is 0.944 bits per heavy atom. The second kappa shape index (κ2) is 11.1. The molecule has 0 spiro atoms. The predicted molar refractivity (Wildman–Crippen MR) is 137 cm³/mol. The Morgan fingerprint density at radius 3 is 2.25 bits per heavy atom. The molecule has 1 heterocycles. The molecule has 10 heteroatoms. The van der Waals surface area contributed by atoms with Crippen LogP contribution in [0.4, 0.5) is 5.69 Å². The molecule has 0 aliphatic heterocycles. The largest absolute Gasteiger partial charge is 0.493 e. The number of amides is 2. The van der Waals surface area contributed by atoms with Gasteiger partial charge in [-0.3, -0.25) is 14.4 Å². The van der Waals surface area contributed by atoms with E-state index in [-0.39, 0.29) is 39.6 Å². The highest BCUT2D eigenvalue weighted by atomic mass is 16.5. The summed E-state index contributed by atoms with van der Waals surface area (Å²) in [5.74, 6) is 0.238. The van der Waals surface area contributed by atoms with Gasteiger partial charge >= 0.3 is 0 Å². The van der Waals surface area contributed by atoms with Crippen LogP contribution in [0.3, 0.4) is 0 Å². The zero-order valence-corrected chi connectivity index (χ0v) is 21.1. The standard InChI is InChI=1S/C26H31N3O7/c1-13(2)22(27)26(32)28-14(3)25(31)29-16-9-7-8-15(10-16)18-11-17(30)21-19(36-18)12-20(33-4)23(34-5)24(21)35-6/h7-14,22H,27H2,1-6H3,(H,28,32)(H,29,31)/t14-,22-/m0/s1. The quantitative estimate of drug-likeness (QED) is 0.410. The maximum Gasteiger partial charge on any atom is 0.246 e. The number of ether oxygens (including phenoxy) is 3. The first-order valence-electron chi connectivity index (χ1n) is 11.3. The van der Waals surface area contributed by atoms with Gasteiger partial charge in [0.25, 0.3) is 0 Å². The van der Waals surface area contributed by atoms with Gasteiger partial charge < -0.3 is 35.0 Å². The molecule has 2 amide bonds. The highest BCUT2D eigenvalue weighted by molar-refractivity contribution is 5.98. The fourth-order valence-corrected chi connectivity index (χ4v) is 3.61. The van der Waals surface area contributed by atoms with Gasteiger partial charge in [-0.1, -0.05) is 26.0 Å². The zero-order valence-electron chi connectivity index (χ0n) is 21.1. The summed E-state index contributed by atoms with van der Waals surface area (Å²) >= 11 is 0. The molecule has 0 aliphatic rings. The van der Waals surface area contributed by atoms with Crippen molar-refractivity contribution in [3.8, 4) is 28.6 Å². The van der Waals surface area contributed by atoms with Gasteiger partial charge in [0.15, 0.2) is 16.9 Å². The fraction of sp³-hybridized carbons (Fsp3) is 0.346. The van der Waals surface area contributed by atoms with Crippen LogP contribution < -0.4 is 36.0 Å². The molecule has 1 aromatic heterocycles. The molecule has 0 saturated carbocycles. The van der Waals surface area contributed by atoms with Gasteiger partial charge in [-0.2, -0.15) is 0 Å². The maximum atomic E-state index is 13.0. The number of rotatable bonds is 9. The molecule has 10 nitrogen and oxygen atoms in total. The van der Waals surface area contributed by atoms with Crippen LogP contribution in [-0.4, -0.2) is 45.2 Å². The minimum absolute atomic E-state index is 0.0606. The predicted octanol–water partition coefficient (Wildman–Crippen LogP) is 2.91. The number of hydrogen-bond donors (Lipinski definition) is 3. The second-order valence-electron chi connectivity index (χ2n) is 8.56. The minimum atomic E-state index is -0.806. The average molecular weight is 498 g/mol. The second-order valence-corrected chi connectivity index (χ2v) is 8.56. The van der Waals surface area contributed by atoms with Crippen LogP contribution >= 0.6 is 0 Å². The minimum Gasteiger partial charge on any atom is -0.493 e. The fourth-order valence-electron chi connectivity index (χ4n) is 3.61. The van der Waals surface area contributed by atoms with Crippen molar-refractivity contribution in [3.63, 3.8) is 0 Å². The summed E-state index contributed by atoms with van der Waals surface area (Å²) in [6, 6.07) is 8.18. The summed E-state index contributed by atoms with van der Waals surface area (Å²) in [6.45, 7) is 5.23. The molecule has 0 bridgehead atoms. The third-order valence-corrected chi connectivity index (χ3v) is 5.71. The monoisotopic (exact) mass is 497 g/mol. The van der Waals surface area contributed by atoms with Crippen molar-refractivity contribution in [1.82, 2.24) is 5.32 Å². The molecule has 192 valence electrons. The summed E-state index contributed by atoms with van der Waals surface area (Å²) < 4.78 is 22.1. The van der Waals surface area contributed by atoms with Crippen LogP contribution in [-0.2, 0) is 9.59 Å². The summed E-state index contributed by atoms with van der Waals surface area (Å²) in [5, 5.41) is 5.59. The molecule has 3 rings (SSSR count). The Morgan fingerprint density at radius 2 is 1.64 bits per heavy atom. The highest BCUT2D eigenvalue weighted by Crippen LogP contribution is 2.42. The van der Waals surface area contributed by atoms with E-state index >= 15 is 0 Å². The molecule has 0 radical (unpaired) electrons. The third-order valence-electron chi connectivity index (χ3n) is 5.71. The molecule has 4 N–H and O–H groups in total. The lowest BCUT2D eigenvalue weighted by Gasteiger charge is -2.19. The van der Waals surface area contributed by atoms with Gasteiger partial charge in [0.2, 0.25) is 17.6 Å². The molecule has 3 aromatic rings. The van der Waals surface area contributed by atoms with E-state index in [1.807, 2.05) is 13.8 Å². The van der Waals surface area contributed by atoms with Gasteiger partial charge in [-0.05, 0) is 25.0 Å². The van der Waals surface area contributed by atoms with Crippen molar-refractivity contribution >= 4 is 28.5 Å². The maximum absolute atomic E-state index is 13.0. The Labute approximate surface area is 208 Å². The molecule has 0 fully saturated rings. The average Bonchev–Trinajstić information content (AvgIpc) is 2.86. The van der Waals surface area contributed by atoms with E-state index in [0.29, 0.717) is 17.0 Å². The first kappa shape index (κ1) is 26.6. The molecule has 36 heavy (non-hydrogen) atoms. The summed E-state index contributed by atoms with van der Waals surface area (Å²) in [6.07, 6.45) is 0. The smallest absolute Gasteiger partial charge is 0.246 e. The first-order chi connectivity index (χ1) is 17.1. The molecule has 2 atom stereocenters. The highest BCUT2D eigenvalue weighted by Gasteiger charge is 2.23. The van der Waals surface area contributed by atoms with Gasteiger partial charge in [0.05, 0.1) is 27.4 Å². The zero-order chi connectivity index (χ0) is 26.6. The van der Waals surface area contributed by atoms with E-state index in [9.17, 15) is 14.4 Å². The lowest BCUT2D eigenvalue weighted by molar-refractivity contribution is -0.127. The van der Waals surface area contributed by atoms with E-state index in [2.05, 4.69) is 10.6 Å². The number of hydrogen-bond acceptors (Lipinski definition) is 8. The van der Waals surface area contributed by atoms with Crippen LogP contribution in [0.1, 0.15) is 20.8 Å². The molecular weight excluding hydrogens is 466 g/mol. The van der Waals surface area contributed by atoms with Crippen LogP contribution in [0, 0.1) is 5.92 Å². The Balaban J connectivity index is 1.91. The number of nitrogens with two attached hydrogens (primary N) is 1. The van der Waals surface area contributed by atoms with E-state index in [0.717, 1.165) is 0 Å². The third kappa shape index (κ3) is 5.44. The number of methoxy groups -OCH3 is 3. The Bertz CT molecular complexity index is 1330. The SMILES string of the molecule is COc1cc2oc(-c3cccc(NC(=O)[C@H](C)NC(=O)[C@@H](N)C(C)C)c3)cc(=O)c2c(OC)c1OC. The van der Waals surface area contributed by atoms with Crippen molar-refractivity contribution in [1.29, 1.82) is 0 Å². The van der Waals surface area contributed by atoms with Crippen molar-refractivity contribution in [2.75, 3.05) is 26.6 Å². The number of benzene rings is 2. The lowest BCUT2D eigenvalue weighted by Crippen LogP contribution is -2.50. The van der Waals surface area contributed by atoms with Crippen molar-refractivity contribution in [3.05, 3.63) is 46.6 Å². The number of nitrogens with one attached hydrogen (secondary N) is 2. The number of carbonyl (C=O) groups is 2. The number of anilines is 1. The summed E-state index contributed by atoms with van der Waals surface area (Å²) in [7, 11) is 4.35. The van der Waals surface area contributed by atoms with Crippen LogP contribution in [0.5, 0.6) is 17.2 Å². The Kier molecular flexibility index (Phi) is 8.21. The van der Waals surface area contributed by atoms with Gasteiger partial charge in [-0.25, -0.2) is 0 Å². The lowest BCUT2D eigenvalue weighted by atomic mass is 10.0. The molecule has 2 aromatic carbocycles. The molecule has 0 aliphatic carbocycles. The van der Waals surface area contributed by atoms with Gasteiger partial charge in [-0.15, -0.1) is 0 Å². The van der Waals surface area contributed by atoms with Crippen LogP contribution in [0.25, 0.3) is 22.3 Å². The normalized spacial score (nSPS) is 12.7. The molecule has 0 unspecified atom stereocenters. The van der Waals surface area contributed by atoms with E-state index in [1.165, 1.54) is 27.4 Å². The van der Waals surface area contributed by atoms with Crippen molar-refractivity contribution in [2.24, 2.45) is 11.7 Å². The summed E-state index contributed by atoms with van der Waals surface area (Å²) in [4.78, 5) is 37.8. The van der Waals surface area contributed by atoms with Gasteiger partial charge in [0, 0.05) is 23.4 Å². The summed E-state index contributed by atoms with van der Waals surface area (Å²) in [5.41, 5.74) is 6.77. The van der Waals surface area contributed by atoms with E-state index in [1.54, 1.807) is 37.3 Å². The number of fused-ring (bicyclic) bond motifs is 1.